The number of nitrogens with one attached hydrogen (secondary N) is 1. The van der Waals surface area contributed by atoms with Crippen LogP contribution in [0.25, 0.3) is 0 Å². The third-order valence-electron chi connectivity index (χ3n) is 4.51. The van der Waals surface area contributed by atoms with E-state index in [1.54, 1.807) is 19.1 Å². The van der Waals surface area contributed by atoms with E-state index in [1.807, 2.05) is 29.2 Å². The molecule has 2 aliphatic rings. The first-order chi connectivity index (χ1) is 13.4. The van der Waals surface area contributed by atoms with Gasteiger partial charge < -0.3 is 25.6 Å². The summed E-state index contributed by atoms with van der Waals surface area (Å²) in [6.45, 7) is 4.81. The van der Waals surface area contributed by atoms with Gasteiger partial charge in [0, 0.05) is 44.5 Å². The number of benzene rings is 1. The van der Waals surface area contributed by atoms with Gasteiger partial charge in [0.15, 0.2) is 5.29 Å². The van der Waals surface area contributed by atoms with E-state index in [4.69, 9.17) is 22.1 Å². The number of hydrogen-bond acceptors (Lipinski definition) is 6. The van der Waals surface area contributed by atoms with Gasteiger partial charge in [-0.15, -0.1) is 0 Å². The maximum absolute atomic E-state index is 12.0. The second-order valence-corrected chi connectivity index (χ2v) is 6.75. The molecule has 2 aliphatic heterocycles. The lowest BCUT2D eigenvalue weighted by Crippen LogP contribution is -2.48. The predicted octanol–water partition coefficient (Wildman–Crippen LogP) is 1.65. The highest BCUT2D eigenvalue weighted by atomic mass is 35.5. The molecule has 1 saturated heterocycles. The van der Waals surface area contributed by atoms with Crippen molar-refractivity contribution in [3.8, 4) is 0 Å². The lowest BCUT2D eigenvalue weighted by atomic mass is 10.2. The fourth-order valence-corrected chi connectivity index (χ4v) is 3.13. The maximum Gasteiger partial charge on any atom is 0.342 e. The third kappa shape index (κ3) is 4.83. The Hall–Kier alpha value is -3.00. The number of amides is 1. The Morgan fingerprint density at radius 3 is 2.46 bits per heavy atom. The topological polar surface area (TPSA) is 100 Å². The van der Waals surface area contributed by atoms with Gasteiger partial charge in [-0.05, 0) is 48.0 Å². The van der Waals surface area contributed by atoms with Gasteiger partial charge in [-0.25, -0.2) is 9.79 Å². The second-order valence-electron chi connectivity index (χ2n) is 6.36. The number of aliphatic imine (C=N–C) groups is 1. The van der Waals surface area contributed by atoms with Crippen LogP contribution in [0.15, 0.2) is 52.8 Å². The van der Waals surface area contributed by atoms with Crippen molar-refractivity contribution in [2.24, 2.45) is 10.7 Å². The van der Waals surface area contributed by atoms with Crippen molar-refractivity contribution in [1.29, 1.82) is 0 Å². The van der Waals surface area contributed by atoms with Crippen LogP contribution in [-0.2, 0) is 14.3 Å². The van der Waals surface area contributed by atoms with E-state index >= 15 is 0 Å². The first-order valence-corrected chi connectivity index (χ1v) is 9.27. The standard InChI is InChI=1S/C19H22ClN5O3/c1-13(26)24-8-10-25(11-9-24)15-6-4-14(5-7-15)22-17(23-19(20)21)16-3-2-12-28-18(16)27/h2-7,22H,8-12H2,1H3,(H2,21,23)/b17-16+. The number of esters is 1. The lowest BCUT2D eigenvalue weighted by Gasteiger charge is -2.35. The van der Waals surface area contributed by atoms with Crippen LogP contribution in [-0.4, -0.2) is 54.9 Å². The summed E-state index contributed by atoms with van der Waals surface area (Å²) in [5.74, 6) is -0.169. The van der Waals surface area contributed by atoms with E-state index in [-0.39, 0.29) is 29.2 Å². The van der Waals surface area contributed by atoms with E-state index in [0.717, 1.165) is 24.5 Å². The SMILES string of the molecule is CC(=O)N1CCN(c2ccc(NC(/N=C(\N)Cl)=C3/C=CCOC3=O)cc2)CC1. The smallest absolute Gasteiger partial charge is 0.342 e. The molecule has 1 fully saturated rings. The number of amidine groups is 1. The molecule has 0 aromatic heterocycles. The number of nitrogens with two attached hydrogens (primary N) is 1. The molecule has 3 N–H and O–H groups in total. The summed E-state index contributed by atoms with van der Waals surface area (Å²) in [6, 6.07) is 7.70. The van der Waals surface area contributed by atoms with Crippen LogP contribution in [0.1, 0.15) is 6.92 Å². The van der Waals surface area contributed by atoms with Gasteiger partial charge in [0.1, 0.15) is 18.0 Å². The zero-order chi connectivity index (χ0) is 20.1. The number of rotatable bonds is 4. The van der Waals surface area contributed by atoms with Crippen LogP contribution < -0.4 is 16.0 Å². The minimum absolute atomic E-state index is 0.106. The molecule has 2 heterocycles. The summed E-state index contributed by atoms with van der Waals surface area (Å²) in [7, 11) is 0. The van der Waals surface area contributed by atoms with Crippen molar-refractivity contribution in [3.05, 3.63) is 47.8 Å². The number of ether oxygens (including phenoxy) is 1. The van der Waals surface area contributed by atoms with E-state index in [9.17, 15) is 9.59 Å². The van der Waals surface area contributed by atoms with Gasteiger partial charge in [0.05, 0.1) is 0 Å². The van der Waals surface area contributed by atoms with Crippen molar-refractivity contribution >= 4 is 40.1 Å². The molecule has 3 rings (SSSR count). The molecule has 1 aromatic rings. The van der Waals surface area contributed by atoms with E-state index < -0.39 is 5.97 Å². The van der Waals surface area contributed by atoms with Crippen molar-refractivity contribution in [3.63, 3.8) is 0 Å². The molecule has 8 nitrogen and oxygen atoms in total. The largest absolute Gasteiger partial charge is 0.458 e. The minimum atomic E-state index is -0.494. The molecular weight excluding hydrogens is 382 g/mol. The van der Waals surface area contributed by atoms with Crippen LogP contribution in [0.5, 0.6) is 0 Å². The highest BCUT2D eigenvalue weighted by Crippen LogP contribution is 2.22. The number of hydrogen-bond donors (Lipinski definition) is 2. The molecule has 0 spiro atoms. The number of carbonyl (C=O) groups is 2. The van der Waals surface area contributed by atoms with Crippen LogP contribution in [0.4, 0.5) is 11.4 Å². The molecule has 0 aliphatic carbocycles. The molecule has 0 unspecified atom stereocenters. The fraction of sp³-hybridized carbons (Fsp3) is 0.316. The summed E-state index contributed by atoms with van der Waals surface area (Å²) in [5, 5.41) is 2.87. The summed E-state index contributed by atoms with van der Waals surface area (Å²) < 4.78 is 5.00. The predicted molar refractivity (Wildman–Crippen MR) is 109 cm³/mol. The maximum atomic E-state index is 12.0. The van der Waals surface area contributed by atoms with Gasteiger partial charge >= 0.3 is 5.97 Å². The number of carbonyl (C=O) groups excluding carboxylic acids is 2. The number of nitrogens with zero attached hydrogens (tertiary/aromatic N) is 3. The molecular formula is C19H22ClN5O3. The van der Waals surface area contributed by atoms with E-state index in [0.29, 0.717) is 13.1 Å². The Labute approximate surface area is 168 Å². The monoisotopic (exact) mass is 403 g/mol. The van der Waals surface area contributed by atoms with Crippen molar-refractivity contribution in [2.45, 2.75) is 6.92 Å². The summed E-state index contributed by atoms with van der Waals surface area (Å²) in [4.78, 5) is 31.5. The van der Waals surface area contributed by atoms with Gasteiger partial charge in [-0.1, -0.05) is 0 Å². The molecule has 9 heteroatoms. The second kappa shape index (κ2) is 8.79. The molecule has 0 bridgehead atoms. The highest BCUT2D eigenvalue weighted by molar-refractivity contribution is 6.64. The van der Waals surface area contributed by atoms with Gasteiger partial charge in [0.2, 0.25) is 5.91 Å². The molecule has 0 radical (unpaired) electrons. The average molecular weight is 404 g/mol. The summed E-state index contributed by atoms with van der Waals surface area (Å²) >= 11 is 5.71. The van der Waals surface area contributed by atoms with Crippen LogP contribution in [0, 0.1) is 0 Å². The minimum Gasteiger partial charge on any atom is -0.458 e. The van der Waals surface area contributed by atoms with Gasteiger partial charge in [-0.3, -0.25) is 4.79 Å². The normalized spacial score (nSPS) is 19.4. The number of cyclic esters (lactones) is 1. The zero-order valence-electron chi connectivity index (χ0n) is 15.5. The van der Waals surface area contributed by atoms with Crippen molar-refractivity contribution < 1.29 is 14.3 Å². The van der Waals surface area contributed by atoms with E-state index in [1.165, 1.54) is 0 Å². The molecule has 0 atom stereocenters. The van der Waals surface area contributed by atoms with Crippen LogP contribution in [0.2, 0.25) is 0 Å². The molecule has 1 amide bonds. The van der Waals surface area contributed by atoms with Crippen molar-refractivity contribution in [1.82, 2.24) is 4.90 Å². The number of anilines is 2. The molecule has 0 saturated carbocycles. The number of halogens is 1. The third-order valence-corrected chi connectivity index (χ3v) is 4.59. The molecule has 148 valence electrons. The summed E-state index contributed by atoms with van der Waals surface area (Å²) in [5.41, 5.74) is 7.51. The van der Waals surface area contributed by atoms with Gasteiger partial charge in [-0.2, -0.15) is 0 Å². The van der Waals surface area contributed by atoms with Crippen LogP contribution in [0.3, 0.4) is 0 Å². The zero-order valence-corrected chi connectivity index (χ0v) is 16.3. The molecule has 28 heavy (non-hydrogen) atoms. The quantitative estimate of drug-likeness (QED) is 0.260. The Morgan fingerprint density at radius 1 is 1.21 bits per heavy atom. The number of piperazine rings is 1. The highest BCUT2D eigenvalue weighted by Gasteiger charge is 2.20. The average Bonchev–Trinajstić information content (AvgIpc) is 2.68. The Bertz CT molecular complexity index is 836. The Morgan fingerprint density at radius 2 is 1.89 bits per heavy atom. The lowest BCUT2D eigenvalue weighted by molar-refractivity contribution is -0.138. The first-order valence-electron chi connectivity index (χ1n) is 8.89. The first kappa shape index (κ1) is 19.8. The van der Waals surface area contributed by atoms with E-state index in [2.05, 4.69) is 15.2 Å². The Balaban J connectivity index is 1.74. The summed E-state index contributed by atoms with van der Waals surface area (Å²) in [6.07, 6.45) is 3.34. The molecule has 1 aromatic carbocycles. The van der Waals surface area contributed by atoms with Crippen LogP contribution >= 0.6 is 11.6 Å². The van der Waals surface area contributed by atoms with Crippen molar-refractivity contribution in [2.75, 3.05) is 43.0 Å². The Kier molecular flexibility index (Phi) is 6.20. The fourth-order valence-electron chi connectivity index (χ4n) is 3.05. The van der Waals surface area contributed by atoms with Gasteiger partial charge in [0.25, 0.3) is 0 Å².